The van der Waals surface area contributed by atoms with Crippen molar-refractivity contribution in [2.45, 2.75) is 19.3 Å². The zero-order valence-corrected chi connectivity index (χ0v) is 15.2. The third kappa shape index (κ3) is 3.43. The van der Waals surface area contributed by atoms with E-state index < -0.39 is 11.9 Å². The summed E-state index contributed by atoms with van der Waals surface area (Å²) in [6.07, 6.45) is 0.820. The molecule has 2 aliphatic heterocycles. The van der Waals surface area contributed by atoms with Crippen LogP contribution in [0.5, 0.6) is 11.5 Å². The van der Waals surface area contributed by atoms with Crippen LogP contribution in [-0.4, -0.2) is 67.2 Å². The van der Waals surface area contributed by atoms with Gasteiger partial charge in [-0.2, -0.15) is 0 Å². The quantitative estimate of drug-likeness (QED) is 0.573. The normalized spacial score (nSPS) is 23.1. The van der Waals surface area contributed by atoms with Crippen LogP contribution in [0.15, 0.2) is 18.2 Å². The van der Waals surface area contributed by atoms with Gasteiger partial charge < -0.3 is 24.0 Å². The number of fused-ring (bicyclic) bond motifs is 1. The van der Waals surface area contributed by atoms with Crippen molar-refractivity contribution >= 4 is 17.8 Å². The summed E-state index contributed by atoms with van der Waals surface area (Å²) in [5.74, 6) is 0.294. The van der Waals surface area contributed by atoms with Crippen LogP contribution in [0.2, 0.25) is 0 Å². The minimum atomic E-state index is -0.831. The first-order chi connectivity index (χ1) is 13.1. The molecule has 2 heterocycles. The third-order valence-electron chi connectivity index (χ3n) is 5.26. The molecule has 1 aromatic rings. The number of esters is 1. The van der Waals surface area contributed by atoms with Gasteiger partial charge >= 0.3 is 11.9 Å². The second-order valence-electron chi connectivity index (χ2n) is 6.90. The van der Waals surface area contributed by atoms with E-state index in [-0.39, 0.29) is 31.1 Å². The van der Waals surface area contributed by atoms with Gasteiger partial charge in [0.1, 0.15) is 0 Å². The Morgan fingerprint density at radius 1 is 1.07 bits per heavy atom. The number of nitrogens with zero attached hydrogens (tertiary/aromatic N) is 2. The standard InChI is InChI=1S/C19H22N2O6/c1-2-25-19(24)18(23)21-7-5-20(6-8-21)17(22)14-10-13(14)12-3-4-15-16(9-12)27-11-26-15/h3-4,9,13-14H,2,5-8,10-11H2,1H3/t13-,14+/m0/s1. The van der Waals surface area contributed by atoms with Crippen molar-refractivity contribution < 1.29 is 28.6 Å². The van der Waals surface area contributed by atoms with Crippen molar-refractivity contribution in [3.63, 3.8) is 0 Å². The van der Waals surface area contributed by atoms with Gasteiger partial charge in [-0.25, -0.2) is 4.79 Å². The molecule has 2 amide bonds. The van der Waals surface area contributed by atoms with E-state index in [1.54, 1.807) is 11.8 Å². The highest BCUT2D eigenvalue weighted by Gasteiger charge is 2.46. The van der Waals surface area contributed by atoms with Crippen LogP contribution in [0.25, 0.3) is 0 Å². The molecular weight excluding hydrogens is 352 g/mol. The summed E-state index contributed by atoms with van der Waals surface area (Å²) in [5.41, 5.74) is 1.09. The summed E-state index contributed by atoms with van der Waals surface area (Å²) in [7, 11) is 0. The average molecular weight is 374 g/mol. The summed E-state index contributed by atoms with van der Waals surface area (Å²) in [6, 6.07) is 5.83. The van der Waals surface area contributed by atoms with Gasteiger partial charge in [0.05, 0.1) is 6.61 Å². The van der Waals surface area contributed by atoms with E-state index in [0.29, 0.717) is 26.2 Å². The summed E-state index contributed by atoms with van der Waals surface area (Å²) >= 11 is 0. The molecule has 0 unspecified atom stereocenters. The Balaban J connectivity index is 1.30. The fourth-order valence-electron chi connectivity index (χ4n) is 3.67. The Morgan fingerprint density at radius 3 is 2.52 bits per heavy atom. The molecule has 2 fully saturated rings. The maximum Gasteiger partial charge on any atom is 0.397 e. The van der Waals surface area contributed by atoms with Gasteiger partial charge in [-0.15, -0.1) is 0 Å². The second-order valence-corrected chi connectivity index (χ2v) is 6.90. The molecule has 0 radical (unpaired) electrons. The predicted molar refractivity (Wildman–Crippen MR) is 93.2 cm³/mol. The Morgan fingerprint density at radius 2 is 1.78 bits per heavy atom. The summed E-state index contributed by atoms with van der Waals surface area (Å²) in [6.45, 7) is 3.65. The zero-order chi connectivity index (χ0) is 19.0. The highest BCUT2D eigenvalue weighted by atomic mass is 16.7. The van der Waals surface area contributed by atoms with Gasteiger partial charge in [-0.1, -0.05) is 6.07 Å². The first-order valence-corrected chi connectivity index (χ1v) is 9.23. The third-order valence-corrected chi connectivity index (χ3v) is 5.26. The van der Waals surface area contributed by atoms with Gasteiger partial charge in [0.2, 0.25) is 12.7 Å². The van der Waals surface area contributed by atoms with Crippen molar-refractivity contribution in [1.29, 1.82) is 0 Å². The number of rotatable bonds is 3. The fraction of sp³-hybridized carbons (Fsp3) is 0.526. The molecule has 2 atom stereocenters. The lowest BCUT2D eigenvalue weighted by molar-refractivity contribution is -0.161. The molecule has 27 heavy (non-hydrogen) atoms. The minimum Gasteiger partial charge on any atom is -0.459 e. The van der Waals surface area contributed by atoms with Crippen LogP contribution in [0.4, 0.5) is 0 Å². The second kappa shape index (κ2) is 7.09. The molecule has 1 aromatic carbocycles. The summed E-state index contributed by atoms with van der Waals surface area (Å²) in [5, 5.41) is 0. The number of benzene rings is 1. The maximum absolute atomic E-state index is 12.8. The van der Waals surface area contributed by atoms with E-state index in [0.717, 1.165) is 23.5 Å². The van der Waals surface area contributed by atoms with E-state index in [9.17, 15) is 14.4 Å². The highest BCUT2D eigenvalue weighted by Crippen LogP contribution is 2.50. The molecule has 0 N–H and O–H groups in total. The SMILES string of the molecule is CCOC(=O)C(=O)N1CCN(C(=O)[C@@H]2C[C@H]2c2ccc3c(c2)OCO3)CC1. The fourth-order valence-corrected chi connectivity index (χ4v) is 3.67. The lowest BCUT2D eigenvalue weighted by Crippen LogP contribution is -2.52. The number of carbonyl (C=O) groups is 3. The van der Waals surface area contributed by atoms with Crippen molar-refractivity contribution in [1.82, 2.24) is 9.80 Å². The first kappa shape index (κ1) is 17.6. The Labute approximate surface area is 157 Å². The van der Waals surface area contributed by atoms with Crippen LogP contribution in [0.3, 0.4) is 0 Å². The highest BCUT2D eigenvalue weighted by molar-refractivity contribution is 6.32. The maximum atomic E-state index is 12.8. The van der Waals surface area contributed by atoms with Gasteiger partial charge in [0.25, 0.3) is 0 Å². The largest absolute Gasteiger partial charge is 0.459 e. The van der Waals surface area contributed by atoms with Crippen molar-refractivity contribution in [2.75, 3.05) is 39.6 Å². The number of hydrogen-bond acceptors (Lipinski definition) is 6. The van der Waals surface area contributed by atoms with Crippen LogP contribution < -0.4 is 9.47 Å². The van der Waals surface area contributed by atoms with E-state index in [4.69, 9.17) is 14.2 Å². The Bertz CT molecular complexity index is 771. The Hall–Kier alpha value is -2.77. The van der Waals surface area contributed by atoms with E-state index in [1.807, 2.05) is 18.2 Å². The molecule has 1 saturated heterocycles. The minimum absolute atomic E-state index is 0.0299. The van der Waals surface area contributed by atoms with Crippen molar-refractivity contribution in [2.24, 2.45) is 5.92 Å². The van der Waals surface area contributed by atoms with E-state index in [1.165, 1.54) is 4.90 Å². The van der Waals surface area contributed by atoms with E-state index in [2.05, 4.69) is 0 Å². The molecule has 1 saturated carbocycles. The zero-order valence-electron chi connectivity index (χ0n) is 15.2. The topological polar surface area (TPSA) is 85.4 Å². The summed E-state index contributed by atoms with van der Waals surface area (Å²) < 4.78 is 15.5. The molecule has 0 spiro atoms. The number of hydrogen-bond donors (Lipinski definition) is 0. The molecule has 3 aliphatic rings. The molecule has 8 nitrogen and oxygen atoms in total. The molecule has 8 heteroatoms. The molecule has 144 valence electrons. The number of carbonyl (C=O) groups excluding carboxylic acids is 3. The monoisotopic (exact) mass is 374 g/mol. The lowest BCUT2D eigenvalue weighted by Gasteiger charge is -2.34. The molecule has 1 aliphatic carbocycles. The molecular formula is C19H22N2O6. The predicted octanol–water partition coefficient (Wildman–Crippen LogP) is 0.753. The van der Waals surface area contributed by atoms with Gasteiger partial charge in [-0.3, -0.25) is 9.59 Å². The van der Waals surface area contributed by atoms with Gasteiger partial charge in [-0.05, 0) is 37.0 Å². The average Bonchev–Trinajstić information content (AvgIpc) is 3.36. The van der Waals surface area contributed by atoms with Crippen LogP contribution in [-0.2, 0) is 19.1 Å². The van der Waals surface area contributed by atoms with Crippen molar-refractivity contribution in [3.8, 4) is 11.5 Å². The van der Waals surface area contributed by atoms with Crippen LogP contribution in [0.1, 0.15) is 24.8 Å². The van der Waals surface area contributed by atoms with Gasteiger partial charge in [0, 0.05) is 32.1 Å². The first-order valence-electron chi connectivity index (χ1n) is 9.23. The number of ether oxygens (including phenoxy) is 3. The molecule has 4 rings (SSSR count). The van der Waals surface area contributed by atoms with Crippen LogP contribution >= 0.6 is 0 Å². The van der Waals surface area contributed by atoms with Crippen molar-refractivity contribution in [3.05, 3.63) is 23.8 Å². The van der Waals surface area contributed by atoms with E-state index >= 15 is 0 Å². The van der Waals surface area contributed by atoms with Gasteiger partial charge in [0.15, 0.2) is 11.5 Å². The number of amides is 2. The molecule has 0 bridgehead atoms. The summed E-state index contributed by atoms with van der Waals surface area (Å²) in [4.78, 5) is 39.5. The number of piperazine rings is 1. The smallest absolute Gasteiger partial charge is 0.397 e. The Kier molecular flexibility index (Phi) is 4.63. The molecule has 0 aromatic heterocycles. The van der Waals surface area contributed by atoms with Crippen LogP contribution in [0, 0.1) is 5.92 Å². The lowest BCUT2D eigenvalue weighted by atomic mass is 10.1.